The van der Waals surface area contributed by atoms with Crippen molar-refractivity contribution in [1.29, 1.82) is 0 Å². The van der Waals surface area contributed by atoms with E-state index in [1.807, 2.05) is 0 Å². The van der Waals surface area contributed by atoms with Crippen LogP contribution in [0.15, 0.2) is 73.4 Å². The maximum atomic E-state index is 13.0. The van der Waals surface area contributed by atoms with E-state index >= 15 is 0 Å². The van der Waals surface area contributed by atoms with Gasteiger partial charge in [-0.1, -0.05) is 12.2 Å². The van der Waals surface area contributed by atoms with Crippen molar-refractivity contribution in [1.82, 2.24) is 48.8 Å². The Morgan fingerprint density at radius 3 is 1.07 bits per heavy atom. The highest BCUT2D eigenvalue weighted by Gasteiger charge is 2.52. The van der Waals surface area contributed by atoms with Crippen LogP contribution in [-0.2, 0) is 73.5 Å². The topological polar surface area (TPSA) is 635 Å². The summed E-state index contributed by atoms with van der Waals surface area (Å²) in [6.45, 7) is -4.20. The Morgan fingerprint density at radius 1 is 0.466 bits per heavy atom. The molecule has 0 aromatic carbocycles. The number of nitrogen functional groups attached to an aromatic ring is 2. The van der Waals surface area contributed by atoms with Crippen LogP contribution in [0.2, 0.25) is 0 Å². The molecule has 88 heavy (non-hydrogen) atoms. The summed E-state index contributed by atoms with van der Waals surface area (Å²) in [6, 6.07) is 0. The quantitative estimate of drug-likeness (QED) is 0.0308. The van der Waals surface area contributed by atoms with Gasteiger partial charge in [-0.15, -0.1) is 0 Å². The van der Waals surface area contributed by atoms with Gasteiger partial charge in [-0.2, -0.15) is 8.62 Å². The van der Waals surface area contributed by atoms with Crippen molar-refractivity contribution in [2.24, 2.45) is 23.3 Å². The maximum Gasteiger partial charge on any atom is 0.481 e. The maximum absolute atomic E-state index is 13.0. The number of aliphatic hydroxyl groups is 8. The van der Waals surface area contributed by atoms with E-state index in [-0.39, 0.29) is 45.1 Å². The molecule has 4 fully saturated rings. The number of phosphoric acid groups is 4. The second kappa shape index (κ2) is 25.1. The van der Waals surface area contributed by atoms with Crippen molar-refractivity contribution in [3.8, 4) is 0 Å². The fourth-order valence-electron chi connectivity index (χ4n) is 10.1. The molecule has 0 aliphatic carbocycles. The van der Waals surface area contributed by atoms with Gasteiger partial charge in [-0.3, -0.25) is 36.8 Å². The molecule has 4 aromatic heterocycles. The normalized spacial score (nSPS) is 35.2. The first-order valence-electron chi connectivity index (χ1n) is 25.5. The molecule has 22 atom stereocenters. The van der Waals surface area contributed by atoms with Crippen LogP contribution in [0.25, 0.3) is 22.3 Å². The second-order valence-electron chi connectivity index (χ2n) is 20.1. The number of aliphatic hydroxyl groups excluding tert-OH is 8. The first-order valence-corrected chi connectivity index (χ1v) is 31.5. The number of amides is 2. The zero-order valence-corrected chi connectivity index (χ0v) is 48.0. The number of fused-ring (bicyclic) bond motifs is 2. The van der Waals surface area contributed by atoms with E-state index < -0.39 is 180 Å². The Hall–Kier alpha value is -5.76. The first kappa shape index (κ1) is 65.2. The molecule has 0 radical (unpaired) electrons. The molecule has 0 spiro atoms. The van der Waals surface area contributed by atoms with E-state index in [0.717, 1.165) is 34.9 Å². The molecule has 4 aromatic rings. The third-order valence-electron chi connectivity index (χ3n) is 14.5. The number of carbonyl (C=O) groups is 2. The molecule has 42 nitrogen and oxygen atoms in total. The molecular formula is C42H56N14O28P4. The highest BCUT2D eigenvalue weighted by Crippen LogP contribution is 2.62. The highest BCUT2D eigenvalue weighted by molar-refractivity contribution is 7.61. The molecule has 20 N–H and O–H groups in total. The lowest BCUT2D eigenvalue weighted by molar-refractivity contribution is -0.117. The first-order chi connectivity index (χ1) is 41.3. The van der Waals surface area contributed by atoms with Gasteiger partial charge in [0.05, 0.1) is 39.1 Å². The van der Waals surface area contributed by atoms with E-state index in [0.29, 0.717) is 0 Å². The number of phosphoric ester groups is 4. The van der Waals surface area contributed by atoms with Gasteiger partial charge in [0.2, 0.25) is 11.8 Å². The van der Waals surface area contributed by atoms with Crippen LogP contribution in [-0.4, -0.2) is 233 Å². The number of anilines is 2. The average Bonchev–Trinajstić information content (AvgIpc) is 1.87. The number of ether oxygens (including phenoxy) is 4. The van der Waals surface area contributed by atoms with Crippen LogP contribution < -0.4 is 22.9 Å². The predicted molar refractivity (Wildman–Crippen MR) is 281 cm³/mol. The Labute approximate surface area is 491 Å². The number of aromatic nitrogens is 8. The van der Waals surface area contributed by atoms with Gasteiger partial charge in [0, 0.05) is 47.8 Å². The summed E-state index contributed by atoms with van der Waals surface area (Å²) in [6.07, 6.45) is -15.0. The minimum atomic E-state index is -5.61. The van der Waals surface area contributed by atoms with E-state index in [9.17, 15) is 88.3 Å². The summed E-state index contributed by atoms with van der Waals surface area (Å²) in [4.78, 5) is 93.3. The number of imidazole rings is 2. The molecule has 10 rings (SSSR count). The van der Waals surface area contributed by atoms with Gasteiger partial charge >= 0.3 is 31.3 Å². The average molecular weight is 1330 g/mol. The number of carbonyl (C=O) groups excluding carboxylic acids is 2. The molecule has 10 heterocycles. The number of hydrogen-bond donors (Lipinski definition) is 16. The Balaban J connectivity index is 0.704. The Morgan fingerprint density at radius 2 is 0.761 bits per heavy atom. The van der Waals surface area contributed by atoms with Crippen molar-refractivity contribution in [2.45, 2.75) is 98.2 Å². The molecule has 6 aliphatic rings. The molecule has 6 unspecified atom stereocenters. The van der Waals surface area contributed by atoms with Crippen molar-refractivity contribution in [3.63, 3.8) is 0 Å². The fraction of sp³-hybridized carbons (Fsp3) is 0.524. The smallest absolute Gasteiger partial charge is 0.387 e. The summed E-state index contributed by atoms with van der Waals surface area (Å²) in [5.41, 5.74) is 23.1. The summed E-state index contributed by atoms with van der Waals surface area (Å²) in [5, 5.41) is 86.4. The van der Waals surface area contributed by atoms with Crippen LogP contribution in [0.3, 0.4) is 0 Å². The molecule has 482 valence electrons. The van der Waals surface area contributed by atoms with Gasteiger partial charge in [0.1, 0.15) is 96.9 Å². The Kier molecular flexibility index (Phi) is 18.6. The van der Waals surface area contributed by atoms with E-state index in [2.05, 4.69) is 38.5 Å². The van der Waals surface area contributed by atoms with Crippen LogP contribution in [0.4, 0.5) is 11.6 Å². The van der Waals surface area contributed by atoms with Crippen molar-refractivity contribution in [2.75, 3.05) is 37.9 Å². The summed E-state index contributed by atoms with van der Waals surface area (Å²) in [5.74, 6) is -4.45. The standard InChI is InChI=1S/C42H56N14O28P4/c43-33-23-37(49-11-47-33)55(13-51-23)41-31(63)27(59)21(81-41)9-77-87(71,72)83-85(67,68)75-7-19-25(57)29(61)39(79-19)53-3-1-15(17(5-53)35(45)65)16-2-4-54(6-18(16)36(46)66)40-30(62)26(58)20(80-40)8-76-86(69,70)84-88(73,74)78-10-22-28(60)32(64)42(82-22)56-14-52-24-34(44)48-12-50-38(24)56/h1-6,11-16,19-22,25-32,39-42,57-64H,7-10H2,(H2,45,65)(H2,46,66)(H,67,68)(H,69,70)(H,71,72)(H,73,74)(H2,43,47,49)(H2,44,48,50)/t15?,16?,19-,20-,21-,22-,25-,26-,27-,28-,29-,30-,31-,32-,39-,40-,41-,42-/m1/s1. The lowest BCUT2D eigenvalue weighted by Crippen LogP contribution is -2.43. The number of nitrogens with zero attached hydrogens (tertiary/aromatic N) is 10. The van der Waals surface area contributed by atoms with Crippen molar-refractivity contribution in [3.05, 3.63) is 73.4 Å². The lowest BCUT2D eigenvalue weighted by Gasteiger charge is -2.36. The van der Waals surface area contributed by atoms with E-state index in [4.69, 9.17) is 60.0 Å². The fourth-order valence-corrected chi connectivity index (χ4v) is 14.3. The number of rotatable bonds is 23. The van der Waals surface area contributed by atoms with Gasteiger partial charge in [-0.25, -0.2) is 48.2 Å². The van der Waals surface area contributed by atoms with Gasteiger partial charge < -0.3 is 112 Å². The van der Waals surface area contributed by atoms with Gasteiger partial charge in [-0.05, 0) is 0 Å². The summed E-state index contributed by atoms with van der Waals surface area (Å²) in [7, 11) is -22.4. The molecular weight excluding hydrogens is 1270 g/mol. The zero-order chi connectivity index (χ0) is 63.7. The molecule has 46 heteroatoms. The van der Waals surface area contributed by atoms with Gasteiger partial charge in [0.15, 0.2) is 47.8 Å². The molecule has 2 amide bonds. The number of allylic oxidation sites excluding steroid dienone is 2. The monoisotopic (exact) mass is 1330 g/mol. The van der Waals surface area contributed by atoms with Crippen molar-refractivity contribution >= 4 is 77.1 Å². The zero-order valence-electron chi connectivity index (χ0n) is 44.5. The molecule has 0 bridgehead atoms. The lowest BCUT2D eigenvalue weighted by atomic mass is 9.78. The summed E-state index contributed by atoms with van der Waals surface area (Å²) >= 11 is 0. The molecule has 0 saturated carbocycles. The highest BCUT2D eigenvalue weighted by atomic mass is 31.3. The number of hydrogen-bond acceptors (Lipinski definition) is 34. The predicted octanol–water partition coefficient (Wildman–Crippen LogP) is -5.91. The van der Waals surface area contributed by atoms with Crippen LogP contribution in [0.1, 0.15) is 12.5 Å². The SMILES string of the molecule is NC(=O)C1=CN([C@@H]2O[C@H](COP(=O)(O)OP(=O)(O)OC[C@H]3O[C@@H](n4cnc5c(N)ncnc54)[C@H](O)[C@@H]3O)[C@@H](O)[C@H]2O)C=CC1C1C=CN([C@@H]2O[C@H](COP(=O)(O)OP(=O)(O)OC[C@H]3O[C@@H](n4cnc5c(N)ncnc54)[C@H](O)[C@@H]3O)[C@@H](O)[C@H]2O)C=C1C(N)=O. The minimum Gasteiger partial charge on any atom is -0.387 e. The van der Waals surface area contributed by atoms with Crippen LogP contribution in [0, 0.1) is 11.8 Å². The van der Waals surface area contributed by atoms with Crippen LogP contribution in [0.5, 0.6) is 0 Å². The molecule has 4 saturated heterocycles. The van der Waals surface area contributed by atoms with Gasteiger partial charge in [0.25, 0.3) is 0 Å². The van der Waals surface area contributed by atoms with Crippen molar-refractivity contribution < 1.29 is 134 Å². The number of primary amides is 2. The summed E-state index contributed by atoms with van der Waals surface area (Å²) < 4.78 is 104. The second-order valence-corrected chi connectivity index (χ2v) is 26.2. The van der Waals surface area contributed by atoms with E-state index in [1.54, 1.807) is 0 Å². The number of nitrogens with two attached hydrogens (primary N) is 4. The minimum absolute atomic E-state index is 0.00487. The largest absolute Gasteiger partial charge is 0.481 e. The molecule has 6 aliphatic heterocycles. The third kappa shape index (κ3) is 13.4. The Bertz CT molecular complexity index is 3410. The van der Waals surface area contributed by atoms with Crippen LogP contribution >= 0.6 is 31.3 Å². The third-order valence-corrected chi connectivity index (χ3v) is 19.7. The van der Waals surface area contributed by atoms with E-state index in [1.165, 1.54) is 46.3 Å².